The number of aryl methyl sites for hydroxylation is 1. The van der Waals surface area contributed by atoms with Crippen LogP contribution in [0.5, 0.6) is 0 Å². The Kier molecular flexibility index (Phi) is 4.68. The van der Waals surface area contributed by atoms with Crippen molar-refractivity contribution in [3.05, 3.63) is 48.2 Å². The molecule has 144 valence electrons. The summed E-state index contributed by atoms with van der Waals surface area (Å²) in [7, 11) is 0. The summed E-state index contributed by atoms with van der Waals surface area (Å²) in [5.74, 6) is 0.679. The number of carbonyl (C=O) groups excluding carboxylic acids is 2. The number of amides is 1. The highest BCUT2D eigenvalue weighted by Crippen LogP contribution is 2.28. The minimum atomic E-state index is -0.0267. The predicted molar refractivity (Wildman–Crippen MR) is 107 cm³/mol. The Bertz CT molecular complexity index is 1050. The third kappa shape index (κ3) is 3.29. The number of ketones is 1. The van der Waals surface area contributed by atoms with E-state index in [1.54, 1.807) is 30.5 Å². The molecule has 1 unspecified atom stereocenters. The van der Waals surface area contributed by atoms with Crippen molar-refractivity contribution in [3.63, 3.8) is 0 Å². The van der Waals surface area contributed by atoms with Crippen molar-refractivity contribution in [2.45, 2.75) is 39.8 Å². The zero-order chi connectivity index (χ0) is 19.8. The average Bonchev–Trinajstić information content (AvgIpc) is 3.26. The molecule has 1 N–H and O–H groups in total. The van der Waals surface area contributed by atoms with Crippen molar-refractivity contribution in [2.24, 2.45) is 0 Å². The molecule has 1 fully saturated rings. The molecule has 1 saturated heterocycles. The Morgan fingerprint density at radius 1 is 1.21 bits per heavy atom. The largest absolute Gasteiger partial charge is 0.337 e. The monoisotopic (exact) mass is 377 g/mol. The van der Waals surface area contributed by atoms with Crippen LogP contribution in [0.15, 0.2) is 36.8 Å². The second-order valence-corrected chi connectivity index (χ2v) is 7.29. The van der Waals surface area contributed by atoms with Gasteiger partial charge in [0.25, 0.3) is 5.91 Å². The fourth-order valence-electron chi connectivity index (χ4n) is 3.66. The fraction of sp³-hybridized carbons (Fsp3) is 0.333. The molecule has 0 bridgehead atoms. The summed E-state index contributed by atoms with van der Waals surface area (Å²) < 4.78 is 1.86. The first-order valence-corrected chi connectivity index (χ1v) is 9.42. The van der Waals surface area contributed by atoms with E-state index in [0.717, 1.165) is 35.0 Å². The van der Waals surface area contributed by atoms with Gasteiger partial charge in [0.1, 0.15) is 12.4 Å². The molecule has 2 aromatic heterocycles. The SMILES string of the molecule is CC(=O)c1cn(CC(=O)N2NCCC2C)c2ccc(-c3cnc(C)nc3)cc12. The van der Waals surface area contributed by atoms with Gasteiger partial charge in [-0.1, -0.05) is 6.07 Å². The van der Waals surface area contributed by atoms with Crippen molar-refractivity contribution < 1.29 is 9.59 Å². The molecular formula is C21H23N5O2. The number of nitrogens with one attached hydrogen (secondary N) is 1. The summed E-state index contributed by atoms with van der Waals surface area (Å²) in [5.41, 5.74) is 6.43. The van der Waals surface area contributed by atoms with Gasteiger partial charge in [0.15, 0.2) is 5.78 Å². The van der Waals surface area contributed by atoms with E-state index in [-0.39, 0.29) is 24.3 Å². The Balaban J connectivity index is 1.73. The lowest BCUT2D eigenvalue weighted by atomic mass is 10.0. The van der Waals surface area contributed by atoms with Crippen molar-refractivity contribution in [1.29, 1.82) is 0 Å². The number of aromatic nitrogens is 3. The van der Waals surface area contributed by atoms with Gasteiger partial charge in [0.05, 0.1) is 0 Å². The van der Waals surface area contributed by atoms with Gasteiger partial charge in [0.2, 0.25) is 0 Å². The molecule has 1 aliphatic rings. The van der Waals surface area contributed by atoms with Crippen molar-refractivity contribution in [3.8, 4) is 11.1 Å². The Labute approximate surface area is 163 Å². The van der Waals surface area contributed by atoms with E-state index < -0.39 is 0 Å². The maximum atomic E-state index is 12.7. The van der Waals surface area contributed by atoms with Gasteiger partial charge >= 0.3 is 0 Å². The van der Waals surface area contributed by atoms with Crippen LogP contribution in [0.2, 0.25) is 0 Å². The minimum Gasteiger partial charge on any atom is -0.337 e. The van der Waals surface area contributed by atoms with Crippen LogP contribution in [-0.2, 0) is 11.3 Å². The van der Waals surface area contributed by atoms with E-state index in [9.17, 15) is 9.59 Å². The van der Waals surface area contributed by atoms with Crippen LogP contribution >= 0.6 is 0 Å². The third-order valence-electron chi connectivity index (χ3n) is 5.23. The molecule has 4 rings (SSSR count). The van der Waals surface area contributed by atoms with Crippen LogP contribution in [-0.4, -0.2) is 43.8 Å². The number of carbonyl (C=O) groups is 2. The molecule has 0 spiro atoms. The molecule has 3 aromatic rings. The molecule has 7 nitrogen and oxygen atoms in total. The van der Waals surface area contributed by atoms with Gasteiger partial charge in [-0.15, -0.1) is 0 Å². The quantitative estimate of drug-likeness (QED) is 0.707. The Morgan fingerprint density at radius 2 is 1.96 bits per heavy atom. The van der Waals surface area contributed by atoms with Crippen LogP contribution < -0.4 is 5.43 Å². The highest BCUT2D eigenvalue weighted by Gasteiger charge is 2.25. The van der Waals surface area contributed by atoms with E-state index in [0.29, 0.717) is 11.4 Å². The topological polar surface area (TPSA) is 80.1 Å². The number of rotatable bonds is 4. The van der Waals surface area contributed by atoms with Crippen molar-refractivity contribution in [1.82, 2.24) is 25.0 Å². The summed E-state index contributed by atoms with van der Waals surface area (Å²) >= 11 is 0. The van der Waals surface area contributed by atoms with E-state index in [2.05, 4.69) is 15.4 Å². The molecule has 1 aromatic carbocycles. The lowest BCUT2D eigenvalue weighted by molar-refractivity contribution is -0.135. The van der Waals surface area contributed by atoms with Gasteiger partial charge in [-0.3, -0.25) is 14.6 Å². The van der Waals surface area contributed by atoms with Gasteiger partial charge in [-0.2, -0.15) is 0 Å². The molecular weight excluding hydrogens is 354 g/mol. The molecule has 3 heterocycles. The summed E-state index contributed by atoms with van der Waals surface area (Å²) in [6, 6.07) is 6.07. The van der Waals surface area contributed by atoms with Gasteiger partial charge in [-0.05, 0) is 44.9 Å². The van der Waals surface area contributed by atoms with E-state index in [1.807, 2.05) is 36.6 Å². The lowest BCUT2D eigenvalue weighted by Crippen LogP contribution is -2.42. The molecule has 1 aliphatic heterocycles. The second kappa shape index (κ2) is 7.16. The summed E-state index contributed by atoms with van der Waals surface area (Å²) in [6.45, 7) is 6.41. The van der Waals surface area contributed by atoms with Gasteiger partial charge < -0.3 is 4.57 Å². The Morgan fingerprint density at radius 3 is 2.61 bits per heavy atom. The van der Waals surface area contributed by atoms with E-state index in [1.165, 1.54) is 0 Å². The molecule has 1 amide bonds. The molecule has 0 radical (unpaired) electrons. The first kappa shape index (κ1) is 18.3. The number of fused-ring (bicyclic) bond motifs is 1. The van der Waals surface area contributed by atoms with E-state index >= 15 is 0 Å². The number of hydrogen-bond acceptors (Lipinski definition) is 5. The van der Waals surface area contributed by atoms with E-state index in [4.69, 9.17) is 0 Å². The average molecular weight is 377 g/mol. The van der Waals surface area contributed by atoms with Crippen LogP contribution in [0.4, 0.5) is 0 Å². The second-order valence-electron chi connectivity index (χ2n) is 7.29. The number of nitrogens with zero attached hydrogens (tertiary/aromatic N) is 4. The third-order valence-corrected chi connectivity index (χ3v) is 5.23. The number of benzene rings is 1. The Hall–Kier alpha value is -3.06. The molecule has 7 heteroatoms. The number of hydrazine groups is 1. The first-order valence-electron chi connectivity index (χ1n) is 9.42. The zero-order valence-corrected chi connectivity index (χ0v) is 16.3. The maximum Gasteiger partial charge on any atom is 0.256 e. The highest BCUT2D eigenvalue weighted by molar-refractivity contribution is 6.08. The lowest BCUT2D eigenvalue weighted by Gasteiger charge is -2.21. The minimum absolute atomic E-state index is 0.00647. The van der Waals surface area contributed by atoms with Gasteiger partial charge in [-0.25, -0.2) is 15.4 Å². The van der Waals surface area contributed by atoms with Crippen molar-refractivity contribution in [2.75, 3.05) is 6.54 Å². The van der Waals surface area contributed by atoms with Crippen molar-refractivity contribution >= 4 is 22.6 Å². The summed E-state index contributed by atoms with van der Waals surface area (Å²) in [5, 5.41) is 2.53. The predicted octanol–water partition coefficient (Wildman–Crippen LogP) is 2.73. The molecule has 0 aliphatic carbocycles. The molecule has 1 atom stereocenters. The normalized spacial score (nSPS) is 16.7. The summed E-state index contributed by atoms with van der Waals surface area (Å²) in [6.07, 6.45) is 6.27. The highest BCUT2D eigenvalue weighted by atomic mass is 16.2. The fourth-order valence-corrected chi connectivity index (χ4v) is 3.66. The first-order chi connectivity index (χ1) is 13.4. The number of hydrogen-bond donors (Lipinski definition) is 1. The van der Waals surface area contributed by atoms with Gasteiger partial charge in [0, 0.05) is 53.2 Å². The number of Topliss-reactive ketones (excluding diaryl/α,β-unsaturated/α-hetero) is 1. The van der Waals surface area contributed by atoms with Crippen LogP contribution in [0.1, 0.15) is 36.5 Å². The van der Waals surface area contributed by atoms with Crippen LogP contribution in [0.3, 0.4) is 0 Å². The molecule has 28 heavy (non-hydrogen) atoms. The zero-order valence-electron chi connectivity index (χ0n) is 16.3. The standard InChI is InChI=1S/C21H23N5O2/c1-13-6-7-24-26(13)21(28)12-25-11-19(14(2)27)18-8-16(4-5-20(18)25)17-9-22-15(3)23-10-17/h4-5,8-11,13,24H,6-7,12H2,1-3H3. The summed E-state index contributed by atoms with van der Waals surface area (Å²) in [4.78, 5) is 33.4. The maximum absolute atomic E-state index is 12.7. The smallest absolute Gasteiger partial charge is 0.256 e. The molecule has 0 saturated carbocycles. The van der Waals surface area contributed by atoms with Crippen LogP contribution in [0, 0.1) is 6.92 Å². The van der Waals surface area contributed by atoms with Crippen LogP contribution in [0.25, 0.3) is 22.0 Å².